The van der Waals surface area contributed by atoms with Crippen LogP contribution >= 0.6 is 27.5 Å². The molecule has 0 saturated carbocycles. The van der Waals surface area contributed by atoms with E-state index in [1.54, 1.807) is 0 Å². The molecule has 0 atom stereocenters. The van der Waals surface area contributed by atoms with Gasteiger partial charge in [-0.25, -0.2) is 0 Å². The lowest BCUT2D eigenvalue weighted by Gasteiger charge is -2.20. The summed E-state index contributed by atoms with van der Waals surface area (Å²) in [6.07, 6.45) is 2.45. The molecule has 0 amide bonds. The Morgan fingerprint density at radius 2 is 2.05 bits per heavy atom. The summed E-state index contributed by atoms with van der Waals surface area (Å²) in [6, 6.07) is 6.57. The summed E-state index contributed by atoms with van der Waals surface area (Å²) in [5.41, 5.74) is 1.25. The molecule has 0 aliphatic heterocycles. The Morgan fingerprint density at radius 1 is 1.32 bits per heavy atom. The van der Waals surface area contributed by atoms with Crippen LogP contribution in [0.4, 0.5) is 0 Å². The molecule has 2 nitrogen and oxygen atoms in total. The van der Waals surface area contributed by atoms with Gasteiger partial charge in [-0.3, -0.25) is 0 Å². The van der Waals surface area contributed by atoms with Crippen molar-refractivity contribution in [2.24, 2.45) is 0 Å². The van der Waals surface area contributed by atoms with Gasteiger partial charge < -0.3 is 10.2 Å². The summed E-state index contributed by atoms with van der Waals surface area (Å²) in [6.45, 7) is 7.58. The highest BCUT2D eigenvalue weighted by atomic mass is 79.9. The van der Waals surface area contributed by atoms with E-state index in [2.05, 4.69) is 53.1 Å². The van der Waals surface area contributed by atoms with Crippen LogP contribution < -0.4 is 5.32 Å². The largest absolute Gasteiger partial charge is 0.313 e. The predicted molar refractivity (Wildman–Crippen MR) is 87.9 cm³/mol. The lowest BCUT2D eigenvalue weighted by Crippen LogP contribution is -2.27. The fourth-order valence-electron chi connectivity index (χ4n) is 1.76. The summed E-state index contributed by atoms with van der Waals surface area (Å²) in [7, 11) is 2.18. The van der Waals surface area contributed by atoms with Crippen LogP contribution in [-0.2, 0) is 6.54 Å². The van der Waals surface area contributed by atoms with Crippen molar-refractivity contribution in [3.63, 3.8) is 0 Å². The van der Waals surface area contributed by atoms with Crippen molar-refractivity contribution in [1.29, 1.82) is 0 Å². The molecule has 0 heterocycles. The van der Waals surface area contributed by atoms with Crippen LogP contribution in [0.15, 0.2) is 22.7 Å². The second kappa shape index (κ2) is 8.96. The molecule has 0 fully saturated rings. The van der Waals surface area contributed by atoms with Crippen molar-refractivity contribution in [3.05, 3.63) is 33.3 Å². The van der Waals surface area contributed by atoms with Crippen LogP contribution in [0.2, 0.25) is 5.02 Å². The molecular formula is C15H24BrClN2. The minimum absolute atomic E-state index is 0.637. The molecule has 1 aromatic carbocycles. The number of nitrogens with one attached hydrogen (secondary N) is 1. The van der Waals surface area contributed by atoms with Gasteiger partial charge in [0.15, 0.2) is 0 Å². The Kier molecular flexibility index (Phi) is 8.00. The van der Waals surface area contributed by atoms with Gasteiger partial charge in [-0.15, -0.1) is 0 Å². The van der Waals surface area contributed by atoms with Crippen molar-refractivity contribution in [1.82, 2.24) is 10.2 Å². The molecule has 0 bridgehead atoms. The number of hydrogen-bond donors (Lipinski definition) is 1. The van der Waals surface area contributed by atoms with E-state index in [4.69, 9.17) is 11.6 Å². The topological polar surface area (TPSA) is 15.3 Å². The Bertz CT molecular complexity index is 382. The summed E-state index contributed by atoms with van der Waals surface area (Å²) >= 11 is 9.45. The van der Waals surface area contributed by atoms with E-state index in [9.17, 15) is 0 Å². The van der Waals surface area contributed by atoms with E-state index < -0.39 is 0 Å². The monoisotopic (exact) mass is 346 g/mol. The predicted octanol–water partition coefficient (Wildman–Crippen LogP) is 4.31. The summed E-state index contributed by atoms with van der Waals surface area (Å²) in [4.78, 5) is 2.38. The summed E-state index contributed by atoms with van der Waals surface area (Å²) < 4.78 is 1.08. The highest BCUT2D eigenvalue weighted by Crippen LogP contribution is 2.21. The molecule has 0 aliphatic rings. The molecule has 0 saturated heterocycles. The first-order chi connectivity index (χ1) is 9.00. The summed E-state index contributed by atoms with van der Waals surface area (Å²) in [5.74, 6) is 0. The maximum atomic E-state index is 5.92. The maximum absolute atomic E-state index is 5.92. The third kappa shape index (κ3) is 6.75. The first-order valence-corrected chi connectivity index (χ1v) is 8.02. The van der Waals surface area contributed by atoms with Crippen LogP contribution in [0.3, 0.4) is 0 Å². The van der Waals surface area contributed by atoms with Crippen LogP contribution in [0, 0.1) is 0 Å². The molecule has 1 aromatic rings. The van der Waals surface area contributed by atoms with Crippen LogP contribution in [0.1, 0.15) is 32.3 Å². The van der Waals surface area contributed by atoms with E-state index in [1.807, 2.05) is 12.1 Å². The third-order valence-corrected chi connectivity index (χ3v) is 4.30. The SMILES string of the molecule is CC(C)N(C)CCCCNCc1ccc(Cl)cc1Br. The van der Waals surface area contributed by atoms with Gasteiger partial charge in [0.2, 0.25) is 0 Å². The fraction of sp³-hybridized carbons (Fsp3) is 0.600. The van der Waals surface area contributed by atoms with E-state index in [0.29, 0.717) is 6.04 Å². The zero-order valence-electron chi connectivity index (χ0n) is 12.0. The molecule has 1 rings (SSSR count). The minimum atomic E-state index is 0.637. The molecule has 1 N–H and O–H groups in total. The standard InChI is InChI=1S/C15H24BrClN2/c1-12(2)19(3)9-5-4-8-18-11-13-6-7-14(17)10-15(13)16/h6-7,10,12,18H,4-5,8-9,11H2,1-3H3. The second-order valence-electron chi connectivity index (χ2n) is 5.19. The van der Waals surface area contributed by atoms with Gasteiger partial charge in [0.05, 0.1) is 0 Å². The van der Waals surface area contributed by atoms with E-state index in [0.717, 1.165) is 22.6 Å². The fourth-order valence-corrected chi connectivity index (χ4v) is 2.58. The zero-order valence-corrected chi connectivity index (χ0v) is 14.4. The Balaban J connectivity index is 2.14. The maximum Gasteiger partial charge on any atom is 0.0417 e. The van der Waals surface area contributed by atoms with Crippen molar-refractivity contribution in [2.45, 2.75) is 39.3 Å². The Labute approximate surface area is 130 Å². The van der Waals surface area contributed by atoms with Gasteiger partial charge in [0.1, 0.15) is 0 Å². The van der Waals surface area contributed by atoms with Crippen molar-refractivity contribution in [2.75, 3.05) is 20.1 Å². The molecule has 0 radical (unpaired) electrons. The van der Waals surface area contributed by atoms with Crippen molar-refractivity contribution in [3.8, 4) is 0 Å². The number of hydrogen-bond acceptors (Lipinski definition) is 2. The number of rotatable bonds is 8. The van der Waals surface area contributed by atoms with Gasteiger partial charge in [-0.05, 0) is 64.5 Å². The molecule has 0 aliphatic carbocycles. The number of halogens is 2. The van der Waals surface area contributed by atoms with E-state index >= 15 is 0 Å². The second-order valence-corrected chi connectivity index (χ2v) is 6.48. The van der Waals surface area contributed by atoms with Crippen LogP contribution in [0.5, 0.6) is 0 Å². The minimum Gasteiger partial charge on any atom is -0.313 e. The van der Waals surface area contributed by atoms with Gasteiger partial charge in [-0.2, -0.15) is 0 Å². The molecule has 0 aromatic heterocycles. The molecule has 0 unspecified atom stereocenters. The molecule has 0 spiro atoms. The molecule has 19 heavy (non-hydrogen) atoms. The third-order valence-electron chi connectivity index (χ3n) is 3.33. The normalized spacial score (nSPS) is 11.5. The van der Waals surface area contributed by atoms with Gasteiger partial charge >= 0.3 is 0 Å². The number of benzene rings is 1. The van der Waals surface area contributed by atoms with Crippen molar-refractivity contribution >= 4 is 27.5 Å². The van der Waals surface area contributed by atoms with Gasteiger partial charge in [-0.1, -0.05) is 33.6 Å². The highest BCUT2D eigenvalue weighted by Gasteiger charge is 2.02. The lowest BCUT2D eigenvalue weighted by atomic mass is 10.2. The van der Waals surface area contributed by atoms with Crippen molar-refractivity contribution < 1.29 is 0 Å². The average Bonchev–Trinajstić information content (AvgIpc) is 2.35. The number of nitrogens with zero attached hydrogens (tertiary/aromatic N) is 1. The molecular weight excluding hydrogens is 324 g/mol. The quantitative estimate of drug-likeness (QED) is 0.705. The average molecular weight is 348 g/mol. The van der Waals surface area contributed by atoms with Crippen LogP contribution in [0.25, 0.3) is 0 Å². The van der Waals surface area contributed by atoms with E-state index in [1.165, 1.54) is 24.9 Å². The Hall–Kier alpha value is -0.0900. The molecule has 108 valence electrons. The van der Waals surface area contributed by atoms with E-state index in [-0.39, 0.29) is 0 Å². The summed E-state index contributed by atoms with van der Waals surface area (Å²) in [5, 5.41) is 4.24. The molecule has 4 heteroatoms. The Morgan fingerprint density at radius 3 is 2.68 bits per heavy atom. The number of unbranched alkanes of at least 4 members (excludes halogenated alkanes) is 1. The van der Waals surface area contributed by atoms with Gasteiger partial charge in [0.25, 0.3) is 0 Å². The zero-order chi connectivity index (χ0) is 14.3. The highest BCUT2D eigenvalue weighted by molar-refractivity contribution is 9.10. The first kappa shape index (κ1) is 17.0. The first-order valence-electron chi connectivity index (χ1n) is 6.85. The van der Waals surface area contributed by atoms with Crippen LogP contribution in [-0.4, -0.2) is 31.1 Å². The lowest BCUT2D eigenvalue weighted by molar-refractivity contribution is 0.268. The smallest absolute Gasteiger partial charge is 0.0417 e. The van der Waals surface area contributed by atoms with Gasteiger partial charge in [0, 0.05) is 22.1 Å².